The number of esters is 2. The third kappa shape index (κ3) is 16.4. The summed E-state index contributed by atoms with van der Waals surface area (Å²) in [6.07, 6.45) is 13.4. The Balaban J connectivity index is 4.24. The number of aliphatic carboxylic acids is 2. The molecule has 10 nitrogen and oxygen atoms in total. The maximum atomic E-state index is 12.4. The van der Waals surface area contributed by atoms with E-state index >= 15 is 0 Å². The van der Waals surface area contributed by atoms with Gasteiger partial charge >= 0.3 is 23.9 Å². The molecule has 0 aromatic rings. The minimum Gasteiger partial charge on any atom is -0.481 e. The Hall–Kier alpha value is -2.04. The number of hydrogen-bond donors (Lipinski definition) is 5. The third-order valence-corrected chi connectivity index (χ3v) is 6.57. The number of aliphatic hydroxyl groups is 3. The minimum absolute atomic E-state index is 0.0936. The lowest BCUT2D eigenvalue weighted by atomic mass is 9.80. The highest BCUT2D eigenvalue weighted by atomic mass is 16.6. The summed E-state index contributed by atoms with van der Waals surface area (Å²) in [6, 6.07) is 0. The number of ether oxygens (including phenoxy) is 1. The molecule has 0 aromatic heterocycles. The summed E-state index contributed by atoms with van der Waals surface area (Å²) < 4.78 is 4.67. The summed E-state index contributed by atoms with van der Waals surface area (Å²) in [4.78, 5) is 47.1. The normalized spacial score (nSPS) is 14.5. The van der Waals surface area contributed by atoms with Crippen molar-refractivity contribution in [2.45, 2.75) is 134 Å². The van der Waals surface area contributed by atoms with Crippen molar-refractivity contribution < 1.29 is 49.4 Å². The van der Waals surface area contributed by atoms with Crippen LogP contribution >= 0.6 is 0 Å². The van der Waals surface area contributed by atoms with E-state index in [-0.39, 0.29) is 6.42 Å². The molecule has 0 spiro atoms. The summed E-state index contributed by atoms with van der Waals surface area (Å²) in [5.74, 6) is -8.16. The van der Waals surface area contributed by atoms with Crippen LogP contribution in [0.4, 0.5) is 0 Å². The number of carbonyl (C=O) groups excluding carboxylic acids is 2. The van der Waals surface area contributed by atoms with Crippen molar-refractivity contribution in [2.24, 2.45) is 5.92 Å². The predicted molar refractivity (Wildman–Crippen MR) is 137 cm³/mol. The highest BCUT2D eigenvalue weighted by molar-refractivity contribution is 5.93. The van der Waals surface area contributed by atoms with Crippen molar-refractivity contribution in [3.8, 4) is 0 Å². The van der Waals surface area contributed by atoms with Gasteiger partial charge in [0.05, 0.1) is 19.1 Å². The van der Waals surface area contributed by atoms with Crippen molar-refractivity contribution in [3.63, 3.8) is 0 Å². The first kappa shape index (κ1) is 35.0. The van der Waals surface area contributed by atoms with E-state index in [0.29, 0.717) is 6.42 Å². The van der Waals surface area contributed by atoms with Gasteiger partial charge in [-0.2, -0.15) is 0 Å². The van der Waals surface area contributed by atoms with E-state index < -0.39 is 60.9 Å². The molecule has 3 atom stereocenters. The first-order chi connectivity index (χ1) is 17.6. The zero-order chi connectivity index (χ0) is 28.1. The Morgan fingerprint density at radius 2 is 1.19 bits per heavy atom. The van der Waals surface area contributed by atoms with Gasteiger partial charge in [0.25, 0.3) is 0 Å². The average Bonchev–Trinajstić information content (AvgIpc) is 2.83. The largest absolute Gasteiger partial charge is 0.481 e. The number of rotatable bonds is 24. The lowest BCUT2D eigenvalue weighted by molar-refractivity contribution is -0.185. The second-order valence-corrected chi connectivity index (χ2v) is 9.92. The Labute approximate surface area is 220 Å². The van der Waals surface area contributed by atoms with Crippen LogP contribution in [0.2, 0.25) is 0 Å². The summed E-state index contributed by atoms with van der Waals surface area (Å²) in [7, 11) is 0. The van der Waals surface area contributed by atoms with Crippen molar-refractivity contribution in [1.29, 1.82) is 0 Å². The lowest BCUT2D eigenvalue weighted by Crippen LogP contribution is -2.52. The quantitative estimate of drug-likeness (QED) is 0.0693. The van der Waals surface area contributed by atoms with Gasteiger partial charge in [-0.25, -0.2) is 4.79 Å². The van der Waals surface area contributed by atoms with E-state index in [0.717, 1.165) is 25.7 Å². The number of carbonyl (C=O) groups is 4. The second kappa shape index (κ2) is 21.0. The Morgan fingerprint density at radius 3 is 1.57 bits per heavy atom. The smallest absolute Gasteiger partial charge is 0.337 e. The van der Waals surface area contributed by atoms with Gasteiger partial charge in [-0.3, -0.25) is 14.4 Å². The maximum Gasteiger partial charge on any atom is 0.337 e. The molecule has 10 heteroatoms. The summed E-state index contributed by atoms with van der Waals surface area (Å²) in [5.41, 5.74) is -3.12. The zero-order valence-corrected chi connectivity index (χ0v) is 22.4. The van der Waals surface area contributed by atoms with Crippen molar-refractivity contribution in [1.82, 2.24) is 0 Å². The molecular formula is C27H48O10. The molecule has 216 valence electrons. The number of carboxylic acid groups (broad SMARTS) is 2. The highest BCUT2D eigenvalue weighted by Crippen LogP contribution is 2.29. The van der Waals surface area contributed by atoms with E-state index in [9.17, 15) is 34.5 Å². The Bertz CT molecular complexity index is 666. The molecule has 5 N–H and O–H groups in total. The summed E-state index contributed by atoms with van der Waals surface area (Å²) in [5, 5.41) is 47.3. The fourth-order valence-corrected chi connectivity index (χ4v) is 4.29. The van der Waals surface area contributed by atoms with Crippen molar-refractivity contribution >= 4 is 23.9 Å². The van der Waals surface area contributed by atoms with Gasteiger partial charge in [-0.05, 0) is 12.8 Å². The Morgan fingerprint density at radius 1 is 0.757 bits per heavy atom. The maximum absolute atomic E-state index is 12.4. The number of carboxylic acids is 2. The summed E-state index contributed by atoms with van der Waals surface area (Å²) in [6.45, 7) is 1.36. The molecule has 0 rings (SSSR count). The van der Waals surface area contributed by atoms with Gasteiger partial charge in [-0.1, -0.05) is 96.8 Å². The molecule has 0 aliphatic carbocycles. The monoisotopic (exact) mass is 532 g/mol. The van der Waals surface area contributed by atoms with Gasteiger partial charge in [0.15, 0.2) is 5.60 Å². The molecule has 0 radical (unpaired) electrons. The molecule has 0 aromatic carbocycles. The van der Waals surface area contributed by atoms with Gasteiger partial charge in [0.1, 0.15) is 5.92 Å². The molecule has 0 saturated carbocycles. The van der Waals surface area contributed by atoms with Gasteiger partial charge in [-0.15, -0.1) is 0 Å². The third-order valence-electron chi connectivity index (χ3n) is 6.57. The van der Waals surface area contributed by atoms with E-state index in [1.54, 1.807) is 0 Å². The molecule has 0 saturated heterocycles. The number of aliphatic hydroxyl groups excluding tert-OH is 2. The molecule has 0 heterocycles. The molecule has 37 heavy (non-hydrogen) atoms. The summed E-state index contributed by atoms with van der Waals surface area (Å²) >= 11 is 0. The van der Waals surface area contributed by atoms with Crippen molar-refractivity contribution in [2.75, 3.05) is 6.61 Å². The van der Waals surface area contributed by atoms with Crippen LogP contribution in [0, 0.1) is 5.92 Å². The van der Waals surface area contributed by atoms with Crippen LogP contribution in [0.5, 0.6) is 0 Å². The first-order valence-electron chi connectivity index (χ1n) is 13.8. The molecule has 0 bridgehead atoms. The van der Waals surface area contributed by atoms with Crippen LogP contribution in [-0.2, 0) is 23.9 Å². The Kier molecular flexibility index (Phi) is 19.8. The topological polar surface area (TPSA) is 179 Å². The fourth-order valence-electron chi connectivity index (χ4n) is 4.29. The molecule has 0 aliphatic rings. The molecule has 3 unspecified atom stereocenters. The number of unbranched alkanes of at least 4 members (excludes halogenated alkanes) is 14. The van der Waals surface area contributed by atoms with Crippen LogP contribution < -0.4 is 0 Å². The van der Waals surface area contributed by atoms with Crippen LogP contribution in [0.3, 0.4) is 0 Å². The van der Waals surface area contributed by atoms with E-state index in [4.69, 9.17) is 10.2 Å². The van der Waals surface area contributed by atoms with E-state index in [1.807, 2.05) is 0 Å². The SMILES string of the molecule is CCCCCCCCCCCCCCCCCC(=O)OC(=O)C(CC(O)CO)C(O)(CC(=O)O)C(=O)O. The fraction of sp³-hybridized carbons (Fsp3) is 0.852. The van der Waals surface area contributed by atoms with E-state index in [1.165, 1.54) is 64.2 Å². The highest BCUT2D eigenvalue weighted by Gasteiger charge is 2.51. The second-order valence-electron chi connectivity index (χ2n) is 9.92. The van der Waals surface area contributed by atoms with Gasteiger partial charge < -0.3 is 30.3 Å². The molecule has 0 fully saturated rings. The van der Waals surface area contributed by atoms with Crippen LogP contribution in [0.1, 0.15) is 122 Å². The van der Waals surface area contributed by atoms with E-state index in [2.05, 4.69) is 11.7 Å². The number of hydrogen-bond acceptors (Lipinski definition) is 8. The average molecular weight is 533 g/mol. The zero-order valence-electron chi connectivity index (χ0n) is 22.4. The molecular weight excluding hydrogens is 484 g/mol. The van der Waals surface area contributed by atoms with Gasteiger partial charge in [0, 0.05) is 6.42 Å². The molecule has 0 amide bonds. The van der Waals surface area contributed by atoms with Gasteiger partial charge in [0.2, 0.25) is 0 Å². The minimum atomic E-state index is -3.12. The predicted octanol–water partition coefficient (Wildman–Crippen LogP) is 3.97. The standard InChI is InChI=1S/C27H48O10/c1-2-3-4-5-6-7-8-9-10-11-12-13-14-15-16-17-24(32)37-25(33)22(18-21(29)20-28)27(36,26(34)35)19-23(30)31/h21-22,28-29,36H,2-20H2,1H3,(H,30,31)(H,34,35). The van der Waals surface area contributed by atoms with Crippen LogP contribution in [0.25, 0.3) is 0 Å². The van der Waals surface area contributed by atoms with Crippen molar-refractivity contribution in [3.05, 3.63) is 0 Å². The lowest BCUT2D eigenvalue weighted by Gasteiger charge is -2.30. The van der Waals surface area contributed by atoms with Crippen LogP contribution in [-0.4, -0.2) is 67.7 Å². The molecule has 0 aliphatic heterocycles. The first-order valence-corrected chi connectivity index (χ1v) is 13.8. The van der Waals surface area contributed by atoms with Crippen LogP contribution in [0.15, 0.2) is 0 Å².